The van der Waals surface area contributed by atoms with E-state index in [1.165, 1.54) is 30.5 Å². The maximum absolute atomic E-state index is 10.6. The van der Waals surface area contributed by atoms with Gasteiger partial charge >= 0.3 is 6.09 Å². The van der Waals surface area contributed by atoms with Crippen molar-refractivity contribution in [1.82, 2.24) is 4.98 Å². The molecule has 2 rings (SSSR count). The fraction of sp³-hybridized carbons (Fsp3) is 0. The van der Waals surface area contributed by atoms with Gasteiger partial charge in [0.1, 0.15) is 5.75 Å². The Hall–Kier alpha value is -2.96. The predicted octanol–water partition coefficient (Wildman–Crippen LogP) is 2.11. The summed E-state index contributed by atoms with van der Waals surface area (Å²) in [5.41, 5.74) is 6.09. The van der Waals surface area contributed by atoms with E-state index in [0.29, 0.717) is 11.3 Å². The van der Waals surface area contributed by atoms with Gasteiger partial charge in [-0.05, 0) is 18.2 Å². The van der Waals surface area contributed by atoms with Crippen molar-refractivity contribution in [3.05, 3.63) is 52.7 Å². The summed E-state index contributed by atoms with van der Waals surface area (Å²) in [7, 11) is 0. The van der Waals surface area contributed by atoms with Crippen molar-refractivity contribution >= 4 is 11.8 Å². The first-order valence-electron chi connectivity index (χ1n) is 5.24. The van der Waals surface area contributed by atoms with Gasteiger partial charge in [0, 0.05) is 30.0 Å². The van der Waals surface area contributed by atoms with Crippen LogP contribution in [0.5, 0.6) is 5.75 Å². The van der Waals surface area contributed by atoms with Gasteiger partial charge in [0.15, 0.2) is 0 Å². The zero-order chi connectivity index (χ0) is 13.8. The number of hydrogen-bond acceptors (Lipinski definition) is 5. The average Bonchev–Trinajstić information content (AvgIpc) is 2.38. The van der Waals surface area contributed by atoms with Crippen LogP contribution < -0.4 is 10.5 Å². The summed E-state index contributed by atoms with van der Waals surface area (Å²) in [6.07, 6.45) is 0.538. The number of carbonyl (C=O) groups is 1. The van der Waals surface area contributed by atoms with Crippen LogP contribution >= 0.6 is 0 Å². The number of benzene rings is 1. The monoisotopic (exact) mass is 259 g/mol. The van der Waals surface area contributed by atoms with Gasteiger partial charge in [0.05, 0.1) is 10.6 Å². The molecule has 7 nitrogen and oxygen atoms in total. The van der Waals surface area contributed by atoms with Crippen molar-refractivity contribution < 1.29 is 14.5 Å². The fourth-order valence-electron chi connectivity index (χ4n) is 1.50. The number of rotatable bonds is 3. The van der Waals surface area contributed by atoms with Crippen molar-refractivity contribution in [3.63, 3.8) is 0 Å². The number of non-ortho nitro benzene ring substituents is 1. The summed E-state index contributed by atoms with van der Waals surface area (Å²) in [5, 5.41) is 10.5. The molecule has 0 bridgehead atoms. The Balaban J connectivity index is 2.30. The SMILES string of the molecule is NC(=O)Oc1ccnc(-c2ccc([N+](=O)[O-])cc2)c1. The molecule has 1 aromatic carbocycles. The van der Waals surface area contributed by atoms with Crippen molar-refractivity contribution in [3.8, 4) is 17.0 Å². The number of carbonyl (C=O) groups excluding carboxylic acids is 1. The quantitative estimate of drug-likeness (QED) is 0.670. The molecule has 0 unspecified atom stereocenters. The highest BCUT2D eigenvalue weighted by atomic mass is 16.6. The third kappa shape index (κ3) is 3.03. The lowest BCUT2D eigenvalue weighted by molar-refractivity contribution is -0.384. The van der Waals surface area contributed by atoms with Gasteiger partial charge in [-0.1, -0.05) is 0 Å². The number of ether oxygens (including phenoxy) is 1. The zero-order valence-corrected chi connectivity index (χ0v) is 9.65. The van der Waals surface area contributed by atoms with Crippen molar-refractivity contribution in [2.24, 2.45) is 5.73 Å². The van der Waals surface area contributed by atoms with E-state index in [-0.39, 0.29) is 11.4 Å². The van der Waals surface area contributed by atoms with Crippen molar-refractivity contribution in [2.75, 3.05) is 0 Å². The topological polar surface area (TPSA) is 108 Å². The molecule has 0 aliphatic heterocycles. The highest BCUT2D eigenvalue weighted by Gasteiger charge is 2.07. The second kappa shape index (κ2) is 5.13. The van der Waals surface area contributed by atoms with E-state index in [9.17, 15) is 14.9 Å². The van der Waals surface area contributed by atoms with Gasteiger partial charge in [-0.3, -0.25) is 15.1 Å². The highest BCUT2D eigenvalue weighted by Crippen LogP contribution is 2.23. The number of nitro benzene ring substituents is 1. The number of hydrogen-bond donors (Lipinski definition) is 1. The van der Waals surface area contributed by atoms with Crippen LogP contribution in [0.25, 0.3) is 11.3 Å². The van der Waals surface area contributed by atoms with E-state index in [4.69, 9.17) is 10.5 Å². The van der Waals surface area contributed by atoms with Crippen LogP contribution in [-0.4, -0.2) is 16.0 Å². The molecule has 0 saturated carbocycles. The first kappa shape index (κ1) is 12.5. The van der Waals surface area contributed by atoms with Crippen LogP contribution in [0.3, 0.4) is 0 Å². The van der Waals surface area contributed by atoms with Gasteiger partial charge in [-0.25, -0.2) is 4.79 Å². The Morgan fingerprint density at radius 2 is 1.95 bits per heavy atom. The second-order valence-corrected chi connectivity index (χ2v) is 3.60. The summed E-state index contributed by atoms with van der Waals surface area (Å²) in [4.78, 5) is 24.8. The number of aromatic nitrogens is 1. The van der Waals surface area contributed by atoms with Crippen LogP contribution in [0.15, 0.2) is 42.6 Å². The molecule has 0 aliphatic rings. The smallest absolute Gasteiger partial charge is 0.409 e. The Morgan fingerprint density at radius 1 is 1.26 bits per heavy atom. The Kier molecular flexibility index (Phi) is 3.37. The molecule has 0 spiro atoms. The molecule has 2 N–H and O–H groups in total. The molecule has 0 atom stereocenters. The van der Waals surface area contributed by atoms with Gasteiger partial charge in [0.25, 0.3) is 5.69 Å². The molecule has 96 valence electrons. The van der Waals surface area contributed by atoms with Crippen LogP contribution in [0.1, 0.15) is 0 Å². The molecular formula is C12H9N3O4. The van der Waals surface area contributed by atoms with E-state index >= 15 is 0 Å². The van der Waals surface area contributed by atoms with E-state index in [1.54, 1.807) is 12.1 Å². The lowest BCUT2D eigenvalue weighted by atomic mass is 10.1. The number of amides is 1. The standard InChI is InChI=1S/C12H9N3O4/c13-12(16)19-10-5-6-14-11(7-10)8-1-3-9(4-2-8)15(17)18/h1-7H,(H2,13,16). The van der Waals surface area contributed by atoms with Crippen LogP contribution in [0, 0.1) is 10.1 Å². The Labute approximate surface area is 107 Å². The predicted molar refractivity (Wildman–Crippen MR) is 66.5 cm³/mol. The Bertz CT molecular complexity index is 625. The first-order valence-corrected chi connectivity index (χ1v) is 5.24. The molecule has 0 aliphatic carbocycles. The summed E-state index contributed by atoms with van der Waals surface area (Å²) < 4.78 is 4.73. The maximum atomic E-state index is 10.6. The molecule has 7 heteroatoms. The maximum Gasteiger partial charge on any atom is 0.409 e. The second-order valence-electron chi connectivity index (χ2n) is 3.60. The molecule has 0 fully saturated rings. The number of nitrogens with zero attached hydrogens (tertiary/aromatic N) is 2. The minimum atomic E-state index is -0.916. The minimum Gasteiger partial charge on any atom is -0.410 e. The minimum absolute atomic E-state index is 0.00621. The van der Waals surface area contributed by atoms with Crippen molar-refractivity contribution in [1.29, 1.82) is 0 Å². The number of primary amides is 1. The Morgan fingerprint density at radius 3 is 2.53 bits per heavy atom. The summed E-state index contributed by atoms with van der Waals surface area (Å²) in [6, 6.07) is 8.88. The van der Waals surface area contributed by atoms with Crippen LogP contribution in [0.2, 0.25) is 0 Å². The third-order valence-corrected chi connectivity index (χ3v) is 2.32. The van der Waals surface area contributed by atoms with Gasteiger partial charge in [0.2, 0.25) is 0 Å². The molecular weight excluding hydrogens is 250 g/mol. The number of nitrogens with two attached hydrogens (primary N) is 1. The summed E-state index contributed by atoms with van der Waals surface area (Å²) in [6.45, 7) is 0. The summed E-state index contributed by atoms with van der Waals surface area (Å²) >= 11 is 0. The third-order valence-electron chi connectivity index (χ3n) is 2.32. The number of nitro groups is 1. The fourth-order valence-corrected chi connectivity index (χ4v) is 1.50. The van der Waals surface area contributed by atoms with Crippen molar-refractivity contribution in [2.45, 2.75) is 0 Å². The lowest BCUT2D eigenvalue weighted by Crippen LogP contribution is -2.16. The van der Waals surface area contributed by atoms with E-state index in [1.807, 2.05) is 0 Å². The first-order chi connectivity index (χ1) is 9.06. The van der Waals surface area contributed by atoms with Crippen LogP contribution in [0.4, 0.5) is 10.5 Å². The normalized spacial score (nSPS) is 9.89. The van der Waals surface area contributed by atoms with Gasteiger partial charge < -0.3 is 10.5 Å². The van der Waals surface area contributed by atoms with E-state index in [2.05, 4.69) is 4.98 Å². The van der Waals surface area contributed by atoms with E-state index < -0.39 is 11.0 Å². The molecule has 19 heavy (non-hydrogen) atoms. The van der Waals surface area contributed by atoms with Gasteiger partial charge in [-0.15, -0.1) is 0 Å². The average molecular weight is 259 g/mol. The largest absolute Gasteiger partial charge is 0.410 e. The van der Waals surface area contributed by atoms with Crippen LogP contribution in [-0.2, 0) is 0 Å². The molecule has 0 saturated heterocycles. The molecule has 1 heterocycles. The molecule has 1 amide bonds. The molecule has 1 aromatic heterocycles. The lowest BCUT2D eigenvalue weighted by Gasteiger charge is -2.04. The van der Waals surface area contributed by atoms with Gasteiger partial charge in [-0.2, -0.15) is 0 Å². The highest BCUT2D eigenvalue weighted by molar-refractivity contribution is 5.69. The molecule has 2 aromatic rings. The number of pyridine rings is 1. The zero-order valence-electron chi connectivity index (χ0n) is 9.65. The summed E-state index contributed by atoms with van der Waals surface area (Å²) in [5.74, 6) is 0.260. The van der Waals surface area contributed by atoms with E-state index in [0.717, 1.165) is 0 Å². The molecule has 0 radical (unpaired) electrons.